The number of rotatable bonds is 5. The fraction of sp³-hybridized carbons (Fsp3) is 0.267. The lowest BCUT2D eigenvalue weighted by atomic mass is 10.1. The van der Waals surface area contributed by atoms with Crippen LogP contribution in [-0.2, 0) is 6.18 Å². The second kappa shape index (κ2) is 7.16. The number of aryl methyl sites for hydroxylation is 1. The maximum absolute atomic E-state index is 12.5. The molecule has 2 aromatic heterocycles. The molecule has 6 nitrogen and oxygen atoms in total. The third-order valence-electron chi connectivity index (χ3n) is 3.06. The fourth-order valence-electron chi connectivity index (χ4n) is 1.90. The van der Waals surface area contributed by atoms with Crippen LogP contribution in [-0.4, -0.2) is 29.9 Å². The fourth-order valence-corrected chi connectivity index (χ4v) is 1.90. The van der Waals surface area contributed by atoms with E-state index in [4.69, 9.17) is 4.42 Å². The molecule has 0 aliphatic carbocycles. The lowest BCUT2D eigenvalue weighted by molar-refractivity contribution is -0.141. The Morgan fingerprint density at radius 2 is 1.79 bits per heavy atom. The molecule has 0 atom stereocenters. The number of hydrogen-bond donors (Lipinski definition) is 2. The van der Waals surface area contributed by atoms with Crippen molar-refractivity contribution in [3.63, 3.8) is 0 Å². The monoisotopic (exact) mass is 341 g/mol. The Hall–Kier alpha value is -2.84. The number of alkyl halides is 3. The summed E-state index contributed by atoms with van der Waals surface area (Å²) in [6.45, 7) is 1.56. The first-order chi connectivity index (χ1) is 11.3. The van der Waals surface area contributed by atoms with E-state index < -0.39 is 23.7 Å². The lowest BCUT2D eigenvalue weighted by Gasteiger charge is -2.10. The lowest BCUT2D eigenvalue weighted by Crippen LogP contribution is -2.35. The van der Waals surface area contributed by atoms with E-state index in [0.29, 0.717) is 0 Å². The summed E-state index contributed by atoms with van der Waals surface area (Å²) in [6.07, 6.45) is -3.20. The standard InChI is InChI=1S/C15H14F3N3O3/c1-9-10(4-5-12(21-9)15(16,17)18)13(22)19-6-7-20-14(23)11-3-2-8-24-11/h2-5,8H,6-7H2,1H3,(H,19,22)(H,20,23). The Balaban J connectivity index is 1.85. The molecule has 0 fully saturated rings. The van der Waals surface area contributed by atoms with Crippen LogP contribution in [0.4, 0.5) is 13.2 Å². The predicted octanol–water partition coefficient (Wildman–Crippen LogP) is 2.16. The van der Waals surface area contributed by atoms with Crippen molar-refractivity contribution in [3.8, 4) is 0 Å². The molecule has 0 aromatic carbocycles. The van der Waals surface area contributed by atoms with Gasteiger partial charge in [-0.25, -0.2) is 4.98 Å². The van der Waals surface area contributed by atoms with E-state index in [1.54, 1.807) is 6.07 Å². The van der Waals surface area contributed by atoms with Gasteiger partial charge in [-0.15, -0.1) is 0 Å². The Kier molecular flexibility index (Phi) is 5.22. The highest BCUT2D eigenvalue weighted by molar-refractivity contribution is 5.95. The molecule has 2 heterocycles. The molecule has 2 aromatic rings. The van der Waals surface area contributed by atoms with Crippen LogP contribution in [0.5, 0.6) is 0 Å². The zero-order valence-electron chi connectivity index (χ0n) is 12.6. The van der Waals surface area contributed by atoms with Crippen LogP contribution in [0.15, 0.2) is 34.9 Å². The first-order valence-corrected chi connectivity index (χ1v) is 6.94. The molecule has 0 aliphatic rings. The molecule has 0 unspecified atom stereocenters. The molecule has 0 saturated carbocycles. The first kappa shape index (κ1) is 17.5. The van der Waals surface area contributed by atoms with Gasteiger partial charge in [-0.2, -0.15) is 13.2 Å². The van der Waals surface area contributed by atoms with Crippen molar-refractivity contribution in [3.05, 3.63) is 53.2 Å². The maximum Gasteiger partial charge on any atom is 0.433 e. The maximum atomic E-state index is 12.5. The van der Waals surface area contributed by atoms with Crippen LogP contribution in [0.2, 0.25) is 0 Å². The Morgan fingerprint density at radius 1 is 1.12 bits per heavy atom. The molecule has 2 amide bonds. The van der Waals surface area contributed by atoms with Gasteiger partial charge in [0.15, 0.2) is 5.76 Å². The zero-order valence-corrected chi connectivity index (χ0v) is 12.6. The van der Waals surface area contributed by atoms with Gasteiger partial charge in [-0.05, 0) is 31.2 Å². The topological polar surface area (TPSA) is 84.2 Å². The molecule has 128 valence electrons. The van der Waals surface area contributed by atoms with Gasteiger partial charge >= 0.3 is 6.18 Å². The average Bonchev–Trinajstić information content (AvgIpc) is 3.04. The number of halogens is 3. The molecule has 0 radical (unpaired) electrons. The van der Waals surface area contributed by atoms with Crippen LogP contribution in [0.25, 0.3) is 0 Å². The van der Waals surface area contributed by atoms with E-state index in [9.17, 15) is 22.8 Å². The normalized spacial score (nSPS) is 11.2. The Labute approximate surface area is 135 Å². The minimum absolute atomic E-state index is 0.0260. The van der Waals surface area contributed by atoms with Gasteiger partial charge in [0.25, 0.3) is 11.8 Å². The number of aromatic nitrogens is 1. The van der Waals surface area contributed by atoms with Gasteiger partial charge in [0.05, 0.1) is 17.5 Å². The molecule has 0 aliphatic heterocycles. The summed E-state index contributed by atoms with van der Waals surface area (Å²) < 4.78 is 42.5. The molecule has 2 rings (SSSR count). The van der Waals surface area contributed by atoms with Crippen LogP contribution in [0, 0.1) is 6.92 Å². The molecule has 0 spiro atoms. The van der Waals surface area contributed by atoms with Crippen LogP contribution in [0.3, 0.4) is 0 Å². The Bertz CT molecular complexity index is 727. The van der Waals surface area contributed by atoms with Crippen molar-refractivity contribution in [1.82, 2.24) is 15.6 Å². The summed E-state index contributed by atoms with van der Waals surface area (Å²) >= 11 is 0. The molecule has 0 saturated heterocycles. The molecule has 9 heteroatoms. The van der Waals surface area contributed by atoms with E-state index >= 15 is 0 Å². The number of hydrogen-bond acceptors (Lipinski definition) is 4. The number of nitrogens with zero attached hydrogens (tertiary/aromatic N) is 1. The van der Waals surface area contributed by atoms with Crippen molar-refractivity contribution in [1.29, 1.82) is 0 Å². The van der Waals surface area contributed by atoms with Crippen molar-refractivity contribution < 1.29 is 27.2 Å². The van der Waals surface area contributed by atoms with Crippen LogP contribution in [0.1, 0.15) is 32.3 Å². The summed E-state index contributed by atoms with van der Waals surface area (Å²) in [5, 5.41) is 5.02. The zero-order chi connectivity index (χ0) is 17.7. The molecule has 2 N–H and O–H groups in total. The van der Waals surface area contributed by atoms with Crippen molar-refractivity contribution >= 4 is 11.8 Å². The minimum Gasteiger partial charge on any atom is -0.459 e. The van der Waals surface area contributed by atoms with Gasteiger partial charge in [0, 0.05) is 13.1 Å². The second-order valence-corrected chi connectivity index (χ2v) is 4.82. The molecular weight excluding hydrogens is 327 g/mol. The molecule has 24 heavy (non-hydrogen) atoms. The van der Waals surface area contributed by atoms with Gasteiger partial charge in [-0.3, -0.25) is 9.59 Å². The van der Waals surface area contributed by atoms with Gasteiger partial charge < -0.3 is 15.1 Å². The van der Waals surface area contributed by atoms with E-state index in [2.05, 4.69) is 15.6 Å². The van der Waals surface area contributed by atoms with Crippen LogP contribution < -0.4 is 10.6 Å². The SMILES string of the molecule is Cc1nc(C(F)(F)F)ccc1C(=O)NCCNC(=O)c1ccco1. The summed E-state index contributed by atoms with van der Waals surface area (Å²) in [6, 6.07) is 4.88. The molecule has 0 bridgehead atoms. The summed E-state index contributed by atoms with van der Waals surface area (Å²) in [5.74, 6) is -0.855. The highest BCUT2D eigenvalue weighted by Gasteiger charge is 2.33. The largest absolute Gasteiger partial charge is 0.459 e. The van der Waals surface area contributed by atoms with E-state index in [-0.39, 0.29) is 30.1 Å². The number of carbonyl (C=O) groups excluding carboxylic acids is 2. The molecular formula is C15H14F3N3O3. The van der Waals surface area contributed by atoms with Gasteiger partial charge in [-0.1, -0.05) is 0 Å². The minimum atomic E-state index is -4.56. The smallest absolute Gasteiger partial charge is 0.433 e. The van der Waals surface area contributed by atoms with Crippen molar-refractivity contribution in [2.24, 2.45) is 0 Å². The van der Waals surface area contributed by atoms with Crippen LogP contribution >= 0.6 is 0 Å². The predicted molar refractivity (Wildman–Crippen MR) is 77.4 cm³/mol. The van der Waals surface area contributed by atoms with E-state index in [0.717, 1.165) is 12.1 Å². The second-order valence-electron chi connectivity index (χ2n) is 4.82. The highest BCUT2D eigenvalue weighted by Crippen LogP contribution is 2.28. The number of furan rings is 1. The first-order valence-electron chi connectivity index (χ1n) is 6.94. The summed E-state index contributed by atoms with van der Waals surface area (Å²) in [4.78, 5) is 26.9. The third kappa shape index (κ3) is 4.34. The number of nitrogens with one attached hydrogen (secondary N) is 2. The number of pyridine rings is 1. The quantitative estimate of drug-likeness (QED) is 0.817. The highest BCUT2D eigenvalue weighted by atomic mass is 19.4. The third-order valence-corrected chi connectivity index (χ3v) is 3.06. The average molecular weight is 341 g/mol. The van der Waals surface area contributed by atoms with Crippen molar-refractivity contribution in [2.75, 3.05) is 13.1 Å². The van der Waals surface area contributed by atoms with Crippen molar-refractivity contribution in [2.45, 2.75) is 13.1 Å². The van der Waals surface area contributed by atoms with E-state index in [1.165, 1.54) is 19.3 Å². The van der Waals surface area contributed by atoms with E-state index in [1.807, 2.05) is 0 Å². The number of amides is 2. The van der Waals surface area contributed by atoms with Gasteiger partial charge in [0.1, 0.15) is 5.69 Å². The number of carbonyl (C=O) groups is 2. The summed E-state index contributed by atoms with van der Waals surface area (Å²) in [7, 11) is 0. The summed E-state index contributed by atoms with van der Waals surface area (Å²) in [5.41, 5.74) is -1.04. The Morgan fingerprint density at radius 3 is 2.33 bits per heavy atom. The van der Waals surface area contributed by atoms with Gasteiger partial charge in [0.2, 0.25) is 0 Å².